The zero-order chi connectivity index (χ0) is 9.86. The molecule has 0 radical (unpaired) electrons. The molecule has 1 heterocycles. The predicted octanol–water partition coefficient (Wildman–Crippen LogP) is 1.31. The van der Waals surface area contributed by atoms with Gasteiger partial charge < -0.3 is 10.1 Å². The molecular weight excluding hydrogens is 176 g/mol. The van der Waals surface area contributed by atoms with E-state index in [9.17, 15) is 0 Å². The predicted molar refractivity (Wildman–Crippen MR) is 53.7 cm³/mol. The Bertz CT molecular complexity index is 224. The standard InChI is InChI=1S/C11H18N2O/c12-5-4-11(2-3-11)9-14-8-10-1-6-13-7-10/h10,13H,1-4,6-9H2. The lowest BCUT2D eigenvalue weighted by molar-refractivity contribution is 0.0689. The Morgan fingerprint density at radius 2 is 2.36 bits per heavy atom. The molecule has 78 valence electrons. The molecule has 0 aromatic heterocycles. The molecule has 1 aliphatic carbocycles. The molecule has 2 rings (SSSR count). The van der Waals surface area contributed by atoms with E-state index in [1.54, 1.807) is 0 Å². The van der Waals surface area contributed by atoms with Gasteiger partial charge in [-0.3, -0.25) is 0 Å². The summed E-state index contributed by atoms with van der Waals surface area (Å²) in [5.74, 6) is 0.702. The van der Waals surface area contributed by atoms with Crippen LogP contribution in [0.4, 0.5) is 0 Å². The van der Waals surface area contributed by atoms with E-state index in [-0.39, 0.29) is 5.41 Å². The van der Waals surface area contributed by atoms with Crippen molar-refractivity contribution in [1.29, 1.82) is 5.26 Å². The second-order valence-corrected chi connectivity index (χ2v) is 4.71. The number of nitrogens with zero attached hydrogens (tertiary/aromatic N) is 1. The van der Waals surface area contributed by atoms with Crippen LogP contribution in [0, 0.1) is 22.7 Å². The molecule has 3 heteroatoms. The van der Waals surface area contributed by atoms with Crippen molar-refractivity contribution in [2.75, 3.05) is 26.3 Å². The van der Waals surface area contributed by atoms with Crippen LogP contribution in [0.3, 0.4) is 0 Å². The third-order valence-electron chi connectivity index (χ3n) is 3.34. The van der Waals surface area contributed by atoms with E-state index >= 15 is 0 Å². The van der Waals surface area contributed by atoms with Gasteiger partial charge in [0.05, 0.1) is 19.3 Å². The first-order chi connectivity index (χ1) is 6.85. The summed E-state index contributed by atoms with van der Waals surface area (Å²) in [7, 11) is 0. The normalized spacial score (nSPS) is 28.6. The van der Waals surface area contributed by atoms with Gasteiger partial charge in [-0.1, -0.05) is 0 Å². The summed E-state index contributed by atoms with van der Waals surface area (Å²) in [4.78, 5) is 0. The van der Waals surface area contributed by atoms with Gasteiger partial charge in [0.15, 0.2) is 0 Å². The molecule has 2 fully saturated rings. The van der Waals surface area contributed by atoms with Crippen LogP contribution in [0.25, 0.3) is 0 Å². The van der Waals surface area contributed by atoms with E-state index in [1.807, 2.05) is 0 Å². The van der Waals surface area contributed by atoms with Gasteiger partial charge in [-0.25, -0.2) is 0 Å². The number of hydrogen-bond donors (Lipinski definition) is 1. The molecule has 0 amide bonds. The second-order valence-electron chi connectivity index (χ2n) is 4.71. The molecule has 1 saturated carbocycles. The molecule has 1 N–H and O–H groups in total. The molecule has 0 aromatic rings. The molecule has 1 saturated heterocycles. The monoisotopic (exact) mass is 194 g/mol. The van der Waals surface area contributed by atoms with E-state index in [4.69, 9.17) is 10.00 Å². The minimum atomic E-state index is 0.251. The Morgan fingerprint density at radius 1 is 1.50 bits per heavy atom. The number of nitrogens with one attached hydrogen (secondary N) is 1. The van der Waals surface area contributed by atoms with Gasteiger partial charge in [0.25, 0.3) is 0 Å². The Balaban J connectivity index is 1.60. The van der Waals surface area contributed by atoms with Crippen LogP contribution in [-0.2, 0) is 4.74 Å². The van der Waals surface area contributed by atoms with Crippen molar-refractivity contribution >= 4 is 0 Å². The molecule has 2 aliphatic rings. The van der Waals surface area contributed by atoms with Crippen molar-refractivity contribution in [3.63, 3.8) is 0 Å². The number of hydrogen-bond acceptors (Lipinski definition) is 3. The lowest BCUT2D eigenvalue weighted by Gasteiger charge is -2.14. The Labute approximate surface area is 85.4 Å². The minimum Gasteiger partial charge on any atom is -0.380 e. The maximum atomic E-state index is 8.64. The highest BCUT2D eigenvalue weighted by Crippen LogP contribution is 2.48. The van der Waals surface area contributed by atoms with Crippen LogP contribution in [0.2, 0.25) is 0 Å². The summed E-state index contributed by atoms with van der Waals surface area (Å²) in [5.41, 5.74) is 0.251. The van der Waals surface area contributed by atoms with Crippen molar-refractivity contribution in [1.82, 2.24) is 5.32 Å². The molecule has 1 aliphatic heterocycles. The summed E-state index contributed by atoms with van der Waals surface area (Å²) >= 11 is 0. The van der Waals surface area contributed by atoms with Gasteiger partial charge >= 0.3 is 0 Å². The highest BCUT2D eigenvalue weighted by Gasteiger charge is 2.42. The third-order valence-corrected chi connectivity index (χ3v) is 3.34. The summed E-state index contributed by atoms with van der Waals surface area (Å²) in [6, 6.07) is 2.26. The van der Waals surface area contributed by atoms with Crippen molar-refractivity contribution < 1.29 is 4.74 Å². The van der Waals surface area contributed by atoms with Crippen LogP contribution >= 0.6 is 0 Å². The Morgan fingerprint density at radius 3 is 2.93 bits per heavy atom. The van der Waals surface area contributed by atoms with Crippen LogP contribution in [-0.4, -0.2) is 26.3 Å². The Kier molecular flexibility index (Phi) is 3.05. The molecule has 14 heavy (non-hydrogen) atoms. The average molecular weight is 194 g/mol. The van der Waals surface area contributed by atoms with E-state index in [0.29, 0.717) is 12.3 Å². The van der Waals surface area contributed by atoms with Gasteiger partial charge in [0, 0.05) is 18.4 Å². The zero-order valence-electron chi connectivity index (χ0n) is 8.59. The number of nitriles is 1. The van der Waals surface area contributed by atoms with E-state index in [2.05, 4.69) is 11.4 Å². The van der Waals surface area contributed by atoms with E-state index in [0.717, 1.165) is 26.3 Å². The summed E-state index contributed by atoms with van der Waals surface area (Å²) in [5, 5.41) is 12.0. The highest BCUT2D eigenvalue weighted by atomic mass is 16.5. The lowest BCUT2D eigenvalue weighted by Crippen LogP contribution is -2.17. The van der Waals surface area contributed by atoms with Gasteiger partial charge in [0.1, 0.15) is 0 Å². The molecule has 0 spiro atoms. The number of rotatable bonds is 5. The Hall–Kier alpha value is -0.590. The first kappa shape index (κ1) is 9.95. The molecule has 0 aromatic carbocycles. The lowest BCUT2D eigenvalue weighted by atomic mass is 10.1. The van der Waals surface area contributed by atoms with Gasteiger partial charge in [-0.05, 0) is 31.7 Å². The van der Waals surface area contributed by atoms with Gasteiger partial charge in [-0.2, -0.15) is 5.26 Å². The smallest absolute Gasteiger partial charge is 0.0628 e. The fraction of sp³-hybridized carbons (Fsp3) is 0.909. The quantitative estimate of drug-likeness (QED) is 0.717. The summed E-state index contributed by atoms with van der Waals surface area (Å²) in [6.45, 7) is 3.92. The number of ether oxygens (including phenoxy) is 1. The van der Waals surface area contributed by atoms with Crippen molar-refractivity contribution in [3.8, 4) is 6.07 Å². The van der Waals surface area contributed by atoms with E-state index in [1.165, 1.54) is 19.3 Å². The van der Waals surface area contributed by atoms with Crippen molar-refractivity contribution in [2.45, 2.75) is 25.7 Å². The fourth-order valence-electron chi connectivity index (χ4n) is 2.02. The topological polar surface area (TPSA) is 45.0 Å². The average Bonchev–Trinajstić information content (AvgIpc) is 2.75. The van der Waals surface area contributed by atoms with Crippen LogP contribution in [0.1, 0.15) is 25.7 Å². The first-order valence-electron chi connectivity index (χ1n) is 5.50. The SMILES string of the molecule is N#CCC1(COCC2CCNC2)CC1. The van der Waals surface area contributed by atoms with Crippen molar-refractivity contribution in [2.24, 2.45) is 11.3 Å². The largest absolute Gasteiger partial charge is 0.380 e. The third kappa shape index (κ3) is 2.46. The molecule has 1 atom stereocenters. The highest BCUT2D eigenvalue weighted by molar-refractivity contribution is 4.99. The summed E-state index contributed by atoms with van der Waals surface area (Å²) in [6.07, 6.45) is 4.29. The molecule has 0 bridgehead atoms. The first-order valence-corrected chi connectivity index (χ1v) is 5.50. The maximum absolute atomic E-state index is 8.64. The maximum Gasteiger partial charge on any atom is 0.0628 e. The van der Waals surface area contributed by atoms with Crippen LogP contribution in [0.15, 0.2) is 0 Å². The molecular formula is C11H18N2O. The van der Waals surface area contributed by atoms with Crippen LogP contribution < -0.4 is 5.32 Å². The van der Waals surface area contributed by atoms with E-state index < -0.39 is 0 Å². The zero-order valence-corrected chi connectivity index (χ0v) is 8.59. The second kappa shape index (κ2) is 4.29. The summed E-state index contributed by atoms with van der Waals surface area (Å²) < 4.78 is 5.71. The minimum absolute atomic E-state index is 0.251. The van der Waals surface area contributed by atoms with Gasteiger partial charge in [0.2, 0.25) is 0 Å². The fourth-order valence-corrected chi connectivity index (χ4v) is 2.02. The van der Waals surface area contributed by atoms with Crippen LogP contribution in [0.5, 0.6) is 0 Å². The van der Waals surface area contributed by atoms with Gasteiger partial charge in [-0.15, -0.1) is 0 Å². The molecule has 3 nitrogen and oxygen atoms in total. The molecule has 1 unspecified atom stereocenters. The van der Waals surface area contributed by atoms with Crippen molar-refractivity contribution in [3.05, 3.63) is 0 Å².